The fourth-order valence-electron chi connectivity index (χ4n) is 1.95. The van der Waals surface area contributed by atoms with Crippen molar-refractivity contribution in [3.8, 4) is 0 Å². The SMILES string of the molecule is CC(C)(N)C(=O)N(CCO)C1CCS(=O)(=O)C1. The molecule has 0 radical (unpaired) electrons. The van der Waals surface area contributed by atoms with Crippen molar-refractivity contribution < 1.29 is 18.3 Å². The molecule has 1 fully saturated rings. The molecule has 3 N–H and O–H groups in total. The quantitative estimate of drug-likeness (QED) is 0.659. The Bertz CT molecular complexity index is 386. The maximum absolute atomic E-state index is 12.0. The van der Waals surface area contributed by atoms with Crippen LogP contribution in [0.15, 0.2) is 0 Å². The maximum Gasteiger partial charge on any atom is 0.242 e. The summed E-state index contributed by atoms with van der Waals surface area (Å²) in [6, 6.07) is -0.359. The minimum absolute atomic E-state index is 0.0329. The number of hydrogen-bond acceptors (Lipinski definition) is 5. The van der Waals surface area contributed by atoms with Crippen molar-refractivity contribution >= 4 is 15.7 Å². The normalized spacial score (nSPS) is 23.6. The average molecular weight is 264 g/mol. The molecule has 0 aromatic heterocycles. The van der Waals surface area contributed by atoms with Gasteiger partial charge in [0.15, 0.2) is 9.84 Å². The highest BCUT2D eigenvalue weighted by atomic mass is 32.2. The van der Waals surface area contributed by atoms with Crippen LogP contribution < -0.4 is 5.73 Å². The van der Waals surface area contributed by atoms with Crippen LogP contribution in [0.2, 0.25) is 0 Å². The molecule has 1 aliphatic heterocycles. The summed E-state index contributed by atoms with van der Waals surface area (Å²) in [6.07, 6.45) is 0.421. The van der Waals surface area contributed by atoms with Gasteiger partial charge in [-0.2, -0.15) is 0 Å². The van der Waals surface area contributed by atoms with Crippen molar-refractivity contribution in [2.24, 2.45) is 5.73 Å². The van der Waals surface area contributed by atoms with Gasteiger partial charge in [-0.05, 0) is 20.3 Å². The van der Waals surface area contributed by atoms with Gasteiger partial charge in [-0.3, -0.25) is 4.79 Å². The molecule has 0 aliphatic carbocycles. The molecule has 1 saturated heterocycles. The zero-order chi connectivity index (χ0) is 13.3. The zero-order valence-electron chi connectivity index (χ0n) is 10.2. The molecule has 0 aromatic carbocycles. The fourth-order valence-corrected chi connectivity index (χ4v) is 3.68. The van der Waals surface area contributed by atoms with Crippen molar-refractivity contribution in [2.45, 2.75) is 31.8 Å². The van der Waals surface area contributed by atoms with Crippen LogP contribution in [0.5, 0.6) is 0 Å². The second kappa shape index (κ2) is 4.91. The van der Waals surface area contributed by atoms with Gasteiger partial charge >= 0.3 is 0 Å². The van der Waals surface area contributed by atoms with Gasteiger partial charge in [-0.25, -0.2) is 8.42 Å². The average Bonchev–Trinajstić information content (AvgIpc) is 2.52. The first kappa shape index (κ1) is 14.4. The first-order chi connectivity index (χ1) is 7.67. The second-order valence-electron chi connectivity index (χ2n) is 5.00. The smallest absolute Gasteiger partial charge is 0.242 e. The van der Waals surface area contributed by atoms with Crippen LogP contribution in [0.4, 0.5) is 0 Å². The number of aliphatic hydroxyl groups excluding tert-OH is 1. The van der Waals surface area contributed by atoms with E-state index >= 15 is 0 Å². The molecule has 1 amide bonds. The highest BCUT2D eigenvalue weighted by Gasteiger charge is 2.38. The van der Waals surface area contributed by atoms with Crippen LogP contribution in [-0.2, 0) is 14.6 Å². The highest BCUT2D eigenvalue weighted by Crippen LogP contribution is 2.19. The van der Waals surface area contributed by atoms with Gasteiger partial charge in [0.1, 0.15) is 0 Å². The Morgan fingerprint density at radius 2 is 2.12 bits per heavy atom. The van der Waals surface area contributed by atoms with Crippen molar-refractivity contribution in [1.29, 1.82) is 0 Å². The number of aliphatic hydroxyl groups is 1. The lowest BCUT2D eigenvalue weighted by atomic mass is 10.0. The van der Waals surface area contributed by atoms with E-state index in [1.54, 1.807) is 13.8 Å². The first-order valence-electron chi connectivity index (χ1n) is 5.58. The number of hydrogen-bond donors (Lipinski definition) is 2. The summed E-state index contributed by atoms with van der Waals surface area (Å²) >= 11 is 0. The largest absolute Gasteiger partial charge is 0.395 e. The van der Waals surface area contributed by atoms with E-state index in [4.69, 9.17) is 10.8 Å². The molecule has 0 aromatic rings. The van der Waals surface area contributed by atoms with Gasteiger partial charge in [0.25, 0.3) is 0 Å². The van der Waals surface area contributed by atoms with Crippen LogP contribution in [0.25, 0.3) is 0 Å². The Labute approximate surface area is 102 Å². The number of sulfone groups is 1. The molecule has 1 rings (SSSR count). The predicted octanol–water partition coefficient (Wildman–Crippen LogP) is -1.27. The van der Waals surface area contributed by atoms with Crippen LogP contribution in [-0.4, -0.2) is 60.6 Å². The summed E-state index contributed by atoms with van der Waals surface area (Å²) in [5.41, 5.74) is 4.67. The maximum atomic E-state index is 12.0. The number of nitrogens with zero attached hydrogens (tertiary/aromatic N) is 1. The van der Waals surface area contributed by atoms with Crippen LogP contribution >= 0.6 is 0 Å². The molecule has 0 saturated carbocycles. The summed E-state index contributed by atoms with van der Waals surface area (Å²) in [4.78, 5) is 13.4. The molecule has 1 heterocycles. The topological polar surface area (TPSA) is 101 Å². The van der Waals surface area contributed by atoms with E-state index in [1.165, 1.54) is 4.90 Å². The molecule has 7 heteroatoms. The zero-order valence-corrected chi connectivity index (χ0v) is 11.0. The molecule has 1 unspecified atom stereocenters. The number of carbonyl (C=O) groups is 1. The number of rotatable bonds is 4. The Morgan fingerprint density at radius 1 is 1.53 bits per heavy atom. The summed E-state index contributed by atoms with van der Waals surface area (Å²) in [6.45, 7) is 3.07. The van der Waals surface area contributed by atoms with Gasteiger partial charge in [0, 0.05) is 12.6 Å². The van der Waals surface area contributed by atoms with Crippen molar-refractivity contribution in [3.05, 3.63) is 0 Å². The monoisotopic (exact) mass is 264 g/mol. The van der Waals surface area contributed by atoms with Crippen LogP contribution in [0, 0.1) is 0 Å². The molecule has 0 bridgehead atoms. The second-order valence-corrected chi connectivity index (χ2v) is 7.23. The third-order valence-electron chi connectivity index (χ3n) is 2.80. The lowest BCUT2D eigenvalue weighted by Gasteiger charge is -2.33. The molecule has 1 aliphatic rings. The van der Waals surface area contributed by atoms with Gasteiger partial charge < -0.3 is 15.7 Å². The molecule has 17 heavy (non-hydrogen) atoms. The summed E-state index contributed by atoms with van der Waals surface area (Å²) in [7, 11) is -3.05. The van der Waals surface area contributed by atoms with E-state index in [-0.39, 0.29) is 36.6 Å². The van der Waals surface area contributed by atoms with Crippen LogP contribution in [0.1, 0.15) is 20.3 Å². The van der Waals surface area contributed by atoms with Gasteiger partial charge in [-0.1, -0.05) is 0 Å². The minimum Gasteiger partial charge on any atom is -0.395 e. The molecule has 100 valence electrons. The summed E-state index contributed by atoms with van der Waals surface area (Å²) < 4.78 is 22.8. The molecule has 1 atom stereocenters. The highest BCUT2D eigenvalue weighted by molar-refractivity contribution is 7.91. The fraction of sp³-hybridized carbons (Fsp3) is 0.900. The Morgan fingerprint density at radius 3 is 2.47 bits per heavy atom. The molecule has 0 spiro atoms. The van der Waals surface area contributed by atoms with Crippen molar-refractivity contribution in [2.75, 3.05) is 24.7 Å². The predicted molar refractivity (Wildman–Crippen MR) is 64.1 cm³/mol. The van der Waals surface area contributed by atoms with E-state index in [0.717, 1.165) is 0 Å². The van der Waals surface area contributed by atoms with E-state index in [2.05, 4.69) is 0 Å². The standard InChI is InChI=1S/C10H20N2O4S/c1-10(2,11)9(14)12(4-5-13)8-3-6-17(15,16)7-8/h8,13H,3-7,11H2,1-2H3. The van der Waals surface area contributed by atoms with E-state index in [0.29, 0.717) is 6.42 Å². The van der Waals surface area contributed by atoms with Gasteiger partial charge in [0.05, 0.1) is 23.7 Å². The van der Waals surface area contributed by atoms with Crippen LogP contribution in [0.3, 0.4) is 0 Å². The molecular weight excluding hydrogens is 244 g/mol. The Hall–Kier alpha value is -0.660. The van der Waals surface area contributed by atoms with Gasteiger partial charge in [-0.15, -0.1) is 0 Å². The third kappa shape index (κ3) is 3.65. The first-order valence-corrected chi connectivity index (χ1v) is 7.41. The number of carbonyl (C=O) groups excluding carboxylic acids is 1. The number of nitrogens with two attached hydrogens (primary N) is 1. The van der Waals surface area contributed by atoms with E-state index in [1.807, 2.05) is 0 Å². The lowest BCUT2D eigenvalue weighted by Crippen LogP contribution is -2.55. The molecular formula is C10H20N2O4S. The summed E-state index contributed by atoms with van der Waals surface area (Å²) in [5, 5.41) is 8.96. The summed E-state index contributed by atoms with van der Waals surface area (Å²) in [5.74, 6) is -0.263. The van der Waals surface area contributed by atoms with Gasteiger partial charge in [0.2, 0.25) is 5.91 Å². The van der Waals surface area contributed by atoms with E-state index < -0.39 is 15.4 Å². The van der Waals surface area contributed by atoms with Crippen molar-refractivity contribution in [1.82, 2.24) is 4.90 Å². The lowest BCUT2D eigenvalue weighted by molar-refractivity contribution is -0.138. The van der Waals surface area contributed by atoms with E-state index in [9.17, 15) is 13.2 Å². The van der Waals surface area contributed by atoms with Crippen molar-refractivity contribution in [3.63, 3.8) is 0 Å². The Kier molecular flexibility index (Phi) is 4.16. The third-order valence-corrected chi connectivity index (χ3v) is 4.55. The Balaban J connectivity index is 2.84. The number of amides is 1. The minimum atomic E-state index is -3.05. The molecule has 6 nitrogen and oxygen atoms in total.